The number of aromatic amines is 1. The number of hydrogen-bond donors (Lipinski definition) is 1. The third-order valence-corrected chi connectivity index (χ3v) is 3.60. The maximum Gasteiger partial charge on any atom is 0.433 e. The van der Waals surface area contributed by atoms with Gasteiger partial charge in [0.2, 0.25) is 0 Å². The van der Waals surface area contributed by atoms with E-state index in [0.29, 0.717) is 5.16 Å². The fourth-order valence-corrected chi connectivity index (χ4v) is 2.54. The van der Waals surface area contributed by atoms with E-state index in [-0.39, 0.29) is 10.8 Å². The SMILES string of the molecule is CCc1cnc(Sc2cc(C(F)(F)F)nc3ncnn23)[nH]1. The largest absolute Gasteiger partial charge is 0.433 e. The maximum absolute atomic E-state index is 12.8. The van der Waals surface area contributed by atoms with Gasteiger partial charge in [-0.25, -0.2) is 9.97 Å². The monoisotopic (exact) mass is 314 g/mol. The number of imidazole rings is 1. The van der Waals surface area contributed by atoms with E-state index in [0.717, 1.165) is 36.3 Å². The molecule has 3 rings (SSSR count). The van der Waals surface area contributed by atoms with Crippen LogP contribution in [0.2, 0.25) is 0 Å². The molecule has 1 N–H and O–H groups in total. The molecule has 0 saturated carbocycles. The summed E-state index contributed by atoms with van der Waals surface area (Å²) in [5.74, 6) is -0.102. The second kappa shape index (κ2) is 5.02. The molecule has 0 aromatic carbocycles. The van der Waals surface area contributed by atoms with Crippen molar-refractivity contribution in [3.63, 3.8) is 0 Å². The van der Waals surface area contributed by atoms with E-state index < -0.39 is 11.9 Å². The molecule has 0 amide bonds. The van der Waals surface area contributed by atoms with Gasteiger partial charge in [0, 0.05) is 18.0 Å². The van der Waals surface area contributed by atoms with Crippen LogP contribution in [0, 0.1) is 0 Å². The van der Waals surface area contributed by atoms with Gasteiger partial charge in [-0.05, 0) is 18.2 Å². The third-order valence-electron chi connectivity index (χ3n) is 2.70. The number of nitrogens with one attached hydrogen (secondary N) is 1. The number of aryl methyl sites for hydroxylation is 1. The Hall–Kier alpha value is -2.10. The second-order valence-electron chi connectivity index (χ2n) is 4.12. The molecule has 0 saturated heterocycles. The lowest BCUT2D eigenvalue weighted by molar-refractivity contribution is -0.141. The molecule has 6 nitrogen and oxygen atoms in total. The van der Waals surface area contributed by atoms with E-state index in [4.69, 9.17) is 0 Å². The molecular formula is C11H9F3N6S. The van der Waals surface area contributed by atoms with Crippen molar-refractivity contribution in [2.45, 2.75) is 29.7 Å². The molecule has 3 heterocycles. The average Bonchev–Trinajstić information content (AvgIpc) is 3.05. The molecule has 0 bridgehead atoms. The molecule has 0 aliphatic rings. The van der Waals surface area contributed by atoms with Crippen LogP contribution in [0.25, 0.3) is 5.78 Å². The number of aromatic nitrogens is 6. The van der Waals surface area contributed by atoms with E-state index in [1.807, 2.05) is 6.92 Å². The van der Waals surface area contributed by atoms with Crippen LogP contribution in [0.1, 0.15) is 18.3 Å². The summed E-state index contributed by atoms with van der Waals surface area (Å²) in [5, 5.41) is 4.60. The van der Waals surface area contributed by atoms with Crippen molar-refractivity contribution in [3.8, 4) is 0 Å². The molecule has 0 radical (unpaired) electrons. The number of halogens is 3. The topological polar surface area (TPSA) is 71.8 Å². The minimum Gasteiger partial charge on any atom is -0.337 e. The predicted octanol–water partition coefficient (Wildman–Crippen LogP) is 2.58. The summed E-state index contributed by atoms with van der Waals surface area (Å²) in [6.07, 6.45) is -0.976. The first-order valence-electron chi connectivity index (χ1n) is 5.97. The van der Waals surface area contributed by atoms with Crippen molar-refractivity contribution < 1.29 is 13.2 Å². The smallest absolute Gasteiger partial charge is 0.337 e. The highest BCUT2D eigenvalue weighted by molar-refractivity contribution is 7.99. The highest BCUT2D eigenvalue weighted by Crippen LogP contribution is 2.32. The zero-order valence-electron chi connectivity index (χ0n) is 10.7. The van der Waals surface area contributed by atoms with Gasteiger partial charge in [0.15, 0.2) is 10.9 Å². The van der Waals surface area contributed by atoms with Crippen LogP contribution < -0.4 is 0 Å². The van der Waals surface area contributed by atoms with Gasteiger partial charge >= 0.3 is 6.18 Å². The van der Waals surface area contributed by atoms with E-state index in [1.54, 1.807) is 6.20 Å². The molecular weight excluding hydrogens is 305 g/mol. The maximum atomic E-state index is 12.8. The number of alkyl halides is 3. The van der Waals surface area contributed by atoms with Crippen molar-refractivity contribution in [2.24, 2.45) is 0 Å². The van der Waals surface area contributed by atoms with Gasteiger partial charge in [-0.2, -0.15) is 27.8 Å². The van der Waals surface area contributed by atoms with Crippen molar-refractivity contribution in [1.82, 2.24) is 29.5 Å². The molecule has 0 fully saturated rings. The van der Waals surface area contributed by atoms with Crippen molar-refractivity contribution >= 4 is 17.5 Å². The first-order chi connectivity index (χ1) is 9.97. The number of hydrogen-bond acceptors (Lipinski definition) is 5. The van der Waals surface area contributed by atoms with Crippen LogP contribution >= 0.6 is 11.8 Å². The Balaban J connectivity index is 2.05. The van der Waals surface area contributed by atoms with Crippen LogP contribution in [-0.4, -0.2) is 29.5 Å². The molecule has 0 spiro atoms. The van der Waals surface area contributed by atoms with E-state index in [2.05, 4.69) is 25.0 Å². The van der Waals surface area contributed by atoms with Gasteiger partial charge in [-0.3, -0.25) is 0 Å². The molecule has 0 unspecified atom stereocenters. The summed E-state index contributed by atoms with van der Waals surface area (Å²) in [6, 6.07) is 0.931. The highest BCUT2D eigenvalue weighted by atomic mass is 32.2. The Morgan fingerprint density at radius 3 is 2.81 bits per heavy atom. The molecule has 110 valence electrons. The van der Waals surface area contributed by atoms with Crippen LogP contribution in [-0.2, 0) is 12.6 Å². The van der Waals surface area contributed by atoms with Crippen LogP contribution in [0.15, 0.2) is 28.8 Å². The molecule has 0 aliphatic heterocycles. The molecule has 3 aromatic heterocycles. The summed E-state index contributed by atoms with van der Waals surface area (Å²) < 4.78 is 39.8. The van der Waals surface area contributed by atoms with Crippen LogP contribution in [0.3, 0.4) is 0 Å². The molecule has 0 atom stereocenters. The zero-order valence-corrected chi connectivity index (χ0v) is 11.5. The first-order valence-corrected chi connectivity index (χ1v) is 6.78. The Kier molecular flexibility index (Phi) is 3.32. The van der Waals surface area contributed by atoms with Gasteiger partial charge in [0.05, 0.1) is 0 Å². The Labute approximate surface area is 120 Å². The van der Waals surface area contributed by atoms with E-state index in [9.17, 15) is 13.2 Å². The third kappa shape index (κ3) is 2.71. The van der Waals surface area contributed by atoms with Gasteiger partial charge in [0.25, 0.3) is 5.78 Å². The summed E-state index contributed by atoms with van der Waals surface area (Å²) in [5.41, 5.74) is -0.106. The van der Waals surface area contributed by atoms with Gasteiger partial charge in [0.1, 0.15) is 11.4 Å². The quantitative estimate of drug-likeness (QED) is 0.752. The predicted molar refractivity (Wildman–Crippen MR) is 67.9 cm³/mol. The standard InChI is InChI=1S/C11H9F3N6S/c1-2-6-4-15-10(18-6)21-8-3-7(11(12,13)14)19-9-16-5-17-20(8)9/h3-5H,2H2,1H3,(H,15,18). The van der Waals surface area contributed by atoms with Gasteiger partial charge < -0.3 is 4.98 Å². The van der Waals surface area contributed by atoms with Gasteiger partial charge in [-0.15, -0.1) is 0 Å². The second-order valence-corrected chi connectivity index (χ2v) is 5.13. The lowest BCUT2D eigenvalue weighted by atomic mass is 10.4. The molecule has 21 heavy (non-hydrogen) atoms. The highest BCUT2D eigenvalue weighted by Gasteiger charge is 2.34. The summed E-state index contributed by atoms with van der Waals surface area (Å²) in [6.45, 7) is 1.95. The first kappa shape index (κ1) is 13.9. The van der Waals surface area contributed by atoms with Crippen LogP contribution in [0.5, 0.6) is 0 Å². The molecule has 3 aromatic rings. The minimum atomic E-state index is -4.54. The lowest BCUT2D eigenvalue weighted by Crippen LogP contribution is -2.10. The number of fused-ring (bicyclic) bond motifs is 1. The number of nitrogens with zero attached hydrogens (tertiary/aromatic N) is 5. The van der Waals surface area contributed by atoms with Gasteiger partial charge in [-0.1, -0.05) is 6.92 Å². The Morgan fingerprint density at radius 2 is 2.14 bits per heavy atom. The summed E-state index contributed by atoms with van der Waals surface area (Å²) >= 11 is 1.04. The fraction of sp³-hybridized carbons (Fsp3) is 0.273. The van der Waals surface area contributed by atoms with Crippen molar-refractivity contribution in [1.29, 1.82) is 0 Å². The average molecular weight is 314 g/mol. The number of rotatable bonds is 3. The lowest BCUT2D eigenvalue weighted by Gasteiger charge is -2.08. The molecule has 0 aliphatic carbocycles. The summed E-state index contributed by atoms with van der Waals surface area (Å²) in [4.78, 5) is 14.3. The zero-order chi connectivity index (χ0) is 15.0. The van der Waals surface area contributed by atoms with E-state index >= 15 is 0 Å². The minimum absolute atomic E-state index is 0.102. The molecule has 10 heteroatoms. The normalized spacial score (nSPS) is 12.2. The van der Waals surface area contributed by atoms with E-state index in [1.165, 1.54) is 4.52 Å². The Morgan fingerprint density at radius 1 is 1.33 bits per heavy atom. The van der Waals surface area contributed by atoms with Crippen LogP contribution in [0.4, 0.5) is 13.2 Å². The number of H-pyrrole nitrogens is 1. The van der Waals surface area contributed by atoms with Crippen molar-refractivity contribution in [3.05, 3.63) is 30.0 Å². The summed E-state index contributed by atoms with van der Waals surface area (Å²) in [7, 11) is 0. The fourth-order valence-electron chi connectivity index (χ4n) is 1.67. The van der Waals surface area contributed by atoms with Crippen molar-refractivity contribution in [2.75, 3.05) is 0 Å². The Bertz CT molecular complexity index is 778.